The predicted octanol–water partition coefficient (Wildman–Crippen LogP) is 5.08. The summed E-state index contributed by atoms with van der Waals surface area (Å²) in [6.07, 6.45) is 1.70. The quantitative estimate of drug-likeness (QED) is 0.636. The van der Waals surface area contributed by atoms with Gasteiger partial charge in [0.15, 0.2) is 11.5 Å². The van der Waals surface area contributed by atoms with Crippen molar-refractivity contribution in [1.82, 2.24) is 9.97 Å². The standard InChI is InChI=1S/C19H17Cl2N3O2/c1-25-17-6-4-13(10-18(17)26-2)16-7-8-22-19(24-16)23-11-12-3-5-14(20)15(21)9-12/h3-10H,11H2,1-2H3,(H,22,23,24). The molecule has 0 fully saturated rings. The van der Waals surface area contributed by atoms with Gasteiger partial charge >= 0.3 is 0 Å². The van der Waals surface area contributed by atoms with Gasteiger partial charge in [0.1, 0.15) is 0 Å². The summed E-state index contributed by atoms with van der Waals surface area (Å²) >= 11 is 12.0. The van der Waals surface area contributed by atoms with Gasteiger partial charge in [-0.05, 0) is 42.0 Å². The lowest BCUT2D eigenvalue weighted by Gasteiger charge is -2.10. The maximum Gasteiger partial charge on any atom is 0.223 e. The van der Waals surface area contributed by atoms with Gasteiger partial charge in [0, 0.05) is 18.3 Å². The normalized spacial score (nSPS) is 10.5. The monoisotopic (exact) mass is 389 g/mol. The molecular formula is C19H17Cl2N3O2. The second kappa shape index (κ2) is 8.25. The third-order valence-electron chi connectivity index (χ3n) is 3.77. The molecule has 2 aromatic carbocycles. The smallest absolute Gasteiger partial charge is 0.223 e. The lowest BCUT2D eigenvalue weighted by Crippen LogP contribution is -2.04. The second-order valence-corrected chi connectivity index (χ2v) is 6.25. The van der Waals surface area contributed by atoms with Gasteiger partial charge in [0.2, 0.25) is 5.95 Å². The van der Waals surface area contributed by atoms with E-state index in [2.05, 4.69) is 15.3 Å². The third kappa shape index (κ3) is 4.18. The highest BCUT2D eigenvalue weighted by molar-refractivity contribution is 6.42. The molecule has 5 nitrogen and oxygen atoms in total. The third-order valence-corrected chi connectivity index (χ3v) is 4.51. The van der Waals surface area contributed by atoms with E-state index in [0.29, 0.717) is 34.0 Å². The number of benzene rings is 2. The topological polar surface area (TPSA) is 56.3 Å². The maximum atomic E-state index is 6.04. The van der Waals surface area contributed by atoms with Gasteiger partial charge in [0.05, 0.1) is 30.0 Å². The van der Waals surface area contributed by atoms with Crippen LogP contribution in [0.15, 0.2) is 48.7 Å². The molecule has 0 radical (unpaired) electrons. The van der Waals surface area contributed by atoms with Crippen LogP contribution in [0.3, 0.4) is 0 Å². The number of halogens is 2. The van der Waals surface area contributed by atoms with Crippen LogP contribution >= 0.6 is 23.2 Å². The predicted molar refractivity (Wildman–Crippen MR) is 104 cm³/mol. The number of aromatic nitrogens is 2. The van der Waals surface area contributed by atoms with Crippen molar-refractivity contribution in [2.45, 2.75) is 6.54 Å². The highest BCUT2D eigenvalue weighted by atomic mass is 35.5. The first-order chi connectivity index (χ1) is 12.6. The Labute approximate surface area is 161 Å². The molecule has 0 bridgehead atoms. The van der Waals surface area contributed by atoms with E-state index in [4.69, 9.17) is 32.7 Å². The van der Waals surface area contributed by atoms with E-state index in [1.54, 1.807) is 26.5 Å². The molecule has 0 amide bonds. The maximum absolute atomic E-state index is 6.04. The van der Waals surface area contributed by atoms with Gasteiger partial charge < -0.3 is 14.8 Å². The summed E-state index contributed by atoms with van der Waals surface area (Å²) < 4.78 is 10.6. The Morgan fingerprint density at radius 3 is 2.46 bits per heavy atom. The minimum atomic E-state index is 0.517. The van der Waals surface area contributed by atoms with Crippen molar-refractivity contribution in [3.63, 3.8) is 0 Å². The first kappa shape index (κ1) is 18.3. The number of nitrogens with one attached hydrogen (secondary N) is 1. The summed E-state index contributed by atoms with van der Waals surface area (Å²) in [4.78, 5) is 8.81. The van der Waals surface area contributed by atoms with E-state index in [1.807, 2.05) is 36.4 Å². The van der Waals surface area contributed by atoms with E-state index in [0.717, 1.165) is 16.8 Å². The Kier molecular flexibility index (Phi) is 5.81. The molecule has 1 aromatic heterocycles. The van der Waals surface area contributed by atoms with Gasteiger partial charge in [-0.25, -0.2) is 9.97 Å². The van der Waals surface area contributed by atoms with Crippen molar-refractivity contribution in [1.29, 1.82) is 0 Å². The fourth-order valence-electron chi connectivity index (χ4n) is 2.43. The van der Waals surface area contributed by atoms with Crippen LogP contribution in [-0.4, -0.2) is 24.2 Å². The number of anilines is 1. The van der Waals surface area contributed by atoms with Gasteiger partial charge in [-0.2, -0.15) is 0 Å². The van der Waals surface area contributed by atoms with E-state index in [-0.39, 0.29) is 0 Å². The molecule has 0 saturated heterocycles. The molecular weight excluding hydrogens is 373 g/mol. The number of nitrogens with zero attached hydrogens (tertiary/aromatic N) is 2. The molecule has 3 aromatic rings. The molecule has 3 rings (SSSR count). The second-order valence-electron chi connectivity index (χ2n) is 5.44. The molecule has 1 N–H and O–H groups in total. The summed E-state index contributed by atoms with van der Waals surface area (Å²) in [7, 11) is 3.21. The molecule has 0 aliphatic heterocycles. The molecule has 26 heavy (non-hydrogen) atoms. The highest BCUT2D eigenvalue weighted by Gasteiger charge is 2.08. The molecule has 0 spiro atoms. The highest BCUT2D eigenvalue weighted by Crippen LogP contribution is 2.31. The Morgan fingerprint density at radius 2 is 1.73 bits per heavy atom. The van der Waals surface area contributed by atoms with Gasteiger partial charge in [0.25, 0.3) is 0 Å². The number of ether oxygens (including phenoxy) is 2. The summed E-state index contributed by atoms with van der Waals surface area (Å²) in [5.74, 6) is 1.83. The Morgan fingerprint density at radius 1 is 0.923 bits per heavy atom. The van der Waals surface area contributed by atoms with E-state index >= 15 is 0 Å². The van der Waals surface area contributed by atoms with Crippen LogP contribution in [0.1, 0.15) is 5.56 Å². The molecule has 7 heteroatoms. The number of hydrogen-bond acceptors (Lipinski definition) is 5. The van der Waals surface area contributed by atoms with Crippen LogP contribution in [0.25, 0.3) is 11.3 Å². The molecule has 0 atom stereocenters. The van der Waals surface area contributed by atoms with E-state index in [1.165, 1.54) is 0 Å². The largest absolute Gasteiger partial charge is 0.493 e. The zero-order valence-electron chi connectivity index (χ0n) is 14.3. The molecule has 1 heterocycles. The fourth-order valence-corrected chi connectivity index (χ4v) is 2.75. The van der Waals surface area contributed by atoms with Crippen molar-refractivity contribution < 1.29 is 9.47 Å². The number of rotatable bonds is 6. The zero-order valence-corrected chi connectivity index (χ0v) is 15.8. The van der Waals surface area contributed by atoms with Crippen LogP contribution in [-0.2, 0) is 6.54 Å². The number of hydrogen-bond donors (Lipinski definition) is 1. The first-order valence-electron chi connectivity index (χ1n) is 7.84. The number of methoxy groups -OCH3 is 2. The summed E-state index contributed by atoms with van der Waals surface area (Å²) in [5, 5.41) is 4.24. The average Bonchev–Trinajstić information content (AvgIpc) is 2.68. The SMILES string of the molecule is COc1ccc(-c2ccnc(NCc3ccc(Cl)c(Cl)c3)n2)cc1OC. The Hall–Kier alpha value is -2.50. The van der Waals surface area contributed by atoms with Crippen LogP contribution in [0, 0.1) is 0 Å². The van der Waals surface area contributed by atoms with E-state index < -0.39 is 0 Å². The average molecular weight is 390 g/mol. The molecule has 0 aliphatic rings. The zero-order chi connectivity index (χ0) is 18.5. The summed E-state index contributed by atoms with van der Waals surface area (Å²) in [5.41, 5.74) is 2.67. The van der Waals surface area contributed by atoms with Crippen molar-refractivity contribution >= 4 is 29.2 Å². The minimum Gasteiger partial charge on any atom is -0.493 e. The molecule has 0 saturated carbocycles. The summed E-state index contributed by atoms with van der Waals surface area (Å²) in [6, 6.07) is 13.0. The van der Waals surface area contributed by atoms with Crippen LogP contribution in [0.4, 0.5) is 5.95 Å². The Bertz CT molecular complexity index is 919. The first-order valence-corrected chi connectivity index (χ1v) is 8.59. The van der Waals surface area contributed by atoms with Crippen molar-refractivity contribution in [2.24, 2.45) is 0 Å². The van der Waals surface area contributed by atoms with Crippen LogP contribution < -0.4 is 14.8 Å². The van der Waals surface area contributed by atoms with Crippen molar-refractivity contribution in [2.75, 3.05) is 19.5 Å². The Balaban J connectivity index is 1.78. The van der Waals surface area contributed by atoms with Crippen LogP contribution in [0.2, 0.25) is 10.0 Å². The van der Waals surface area contributed by atoms with Gasteiger partial charge in [-0.1, -0.05) is 29.3 Å². The minimum absolute atomic E-state index is 0.517. The van der Waals surface area contributed by atoms with Crippen molar-refractivity contribution in [3.8, 4) is 22.8 Å². The van der Waals surface area contributed by atoms with Gasteiger partial charge in [-0.3, -0.25) is 0 Å². The van der Waals surface area contributed by atoms with E-state index in [9.17, 15) is 0 Å². The van der Waals surface area contributed by atoms with Crippen molar-refractivity contribution in [3.05, 3.63) is 64.3 Å². The van der Waals surface area contributed by atoms with Gasteiger partial charge in [-0.15, -0.1) is 0 Å². The fraction of sp³-hybridized carbons (Fsp3) is 0.158. The molecule has 0 unspecified atom stereocenters. The van der Waals surface area contributed by atoms with Crippen LogP contribution in [0.5, 0.6) is 11.5 Å². The lowest BCUT2D eigenvalue weighted by molar-refractivity contribution is 0.355. The molecule has 134 valence electrons. The summed E-state index contributed by atoms with van der Waals surface area (Å²) in [6.45, 7) is 0.534. The molecule has 0 aliphatic carbocycles. The lowest BCUT2D eigenvalue weighted by atomic mass is 10.1.